The highest BCUT2D eigenvalue weighted by atomic mass is 16.9. The van der Waals surface area contributed by atoms with Crippen molar-refractivity contribution >= 4 is 0 Å². The van der Waals surface area contributed by atoms with Gasteiger partial charge < -0.3 is 0 Å². The molecule has 3 heteroatoms. The van der Waals surface area contributed by atoms with Crippen molar-refractivity contribution in [2.24, 2.45) is 0 Å². The molecule has 1 aliphatic heterocycles. The second-order valence-corrected chi connectivity index (χ2v) is 3.22. The lowest BCUT2D eigenvalue weighted by Crippen LogP contribution is -2.34. The van der Waals surface area contributed by atoms with Crippen LogP contribution in [0.15, 0.2) is 0 Å². The summed E-state index contributed by atoms with van der Waals surface area (Å²) in [5, 5.41) is 0. The van der Waals surface area contributed by atoms with Crippen LogP contribution < -0.4 is 5.64 Å². The van der Waals surface area contributed by atoms with Crippen LogP contribution in [0.2, 0.25) is 0 Å². The van der Waals surface area contributed by atoms with E-state index in [-0.39, 0.29) is 5.60 Å². The maximum Gasteiger partial charge on any atom is 0.118 e. The van der Waals surface area contributed by atoms with Crippen molar-refractivity contribution in [2.45, 2.75) is 37.7 Å². The van der Waals surface area contributed by atoms with E-state index in [9.17, 15) is 0 Å². The average Bonchev–Trinajstić information content (AvgIpc) is 2.39. The molecule has 0 radical (unpaired) electrons. The van der Waals surface area contributed by atoms with E-state index in [1.807, 2.05) is 0 Å². The zero-order valence-corrected chi connectivity index (χ0v) is 6.06. The molecule has 3 nitrogen and oxygen atoms in total. The van der Waals surface area contributed by atoms with Gasteiger partial charge in [0.2, 0.25) is 0 Å². The van der Waals surface area contributed by atoms with Crippen molar-refractivity contribution in [3.05, 3.63) is 0 Å². The van der Waals surface area contributed by atoms with Gasteiger partial charge in [-0.15, -0.1) is 0 Å². The largest absolute Gasteiger partial charge is 0.274 e. The number of hydrogen-bond donors (Lipinski definition) is 1. The van der Waals surface area contributed by atoms with Crippen molar-refractivity contribution in [2.75, 3.05) is 6.61 Å². The van der Waals surface area contributed by atoms with Crippen LogP contribution in [0.3, 0.4) is 0 Å². The Kier molecular flexibility index (Phi) is 1.64. The predicted molar refractivity (Wildman–Crippen MR) is 36.0 cm³/mol. The minimum absolute atomic E-state index is 0.0399. The molecule has 1 aliphatic carbocycles. The highest BCUT2D eigenvalue weighted by molar-refractivity contribution is 4.84. The van der Waals surface area contributed by atoms with E-state index in [1.54, 1.807) is 0 Å². The molecule has 1 saturated carbocycles. The first-order valence-electron chi connectivity index (χ1n) is 3.96. The second kappa shape index (κ2) is 2.49. The van der Waals surface area contributed by atoms with Crippen LogP contribution in [0.5, 0.6) is 0 Å². The third kappa shape index (κ3) is 1.05. The first-order valence-corrected chi connectivity index (χ1v) is 3.96. The standard InChI is InChI=1S/C7H13NO2/c1-2-4-7(5-3-1)6-9-8-10-7/h8H,1-6H2. The van der Waals surface area contributed by atoms with Crippen molar-refractivity contribution in [1.82, 2.24) is 5.64 Å². The van der Waals surface area contributed by atoms with Gasteiger partial charge >= 0.3 is 0 Å². The summed E-state index contributed by atoms with van der Waals surface area (Å²) < 4.78 is 0. The first-order chi connectivity index (χ1) is 4.91. The van der Waals surface area contributed by atoms with Gasteiger partial charge in [-0.1, -0.05) is 24.9 Å². The molecule has 0 unspecified atom stereocenters. The van der Waals surface area contributed by atoms with E-state index in [2.05, 4.69) is 5.64 Å². The fourth-order valence-corrected chi connectivity index (χ4v) is 1.75. The Morgan fingerprint density at radius 2 is 1.90 bits per heavy atom. The molecular weight excluding hydrogens is 130 g/mol. The monoisotopic (exact) mass is 143 g/mol. The molecule has 1 N–H and O–H groups in total. The smallest absolute Gasteiger partial charge is 0.118 e. The third-order valence-electron chi connectivity index (χ3n) is 2.42. The Bertz CT molecular complexity index is 113. The molecule has 1 saturated heterocycles. The highest BCUT2D eigenvalue weighted by Gasteiger charge is 2.37. The minimum atomic E-state index is 0.0399. The Morgan fingerprint density at radius 3 is 2.50 bits per heavy atom. The molecule has 2 fully saturated rings. The van der Waals surface area contributed by atoms with Gasteiger partial charge in [0.05, 0.1) is 0 Å². The maximum atomic E-state index is 5.31. The summed E-state index contributed by atoms with van der Waals surface area (Å²) in [7, 11) is 0. The quantitative estimate of drug-likeness (QED) is 0.552. The van der Waals surface area contributed by atoms with Gasteiger partial charge in [-0.05, 0) is 12.8 Å². The lowest BCUT2D eigenvalue weighted by Gasteiger charge is -2.28. The van der Waals surface area contributed by atoms with E-state index in [4.69, 9.17) is 9.68 Å². The molecule has 0 bridgehead atoms. The van der Waals surface area contributed by atoms with Gasteiger partial charge in [0.15, 0.2) is 0 Å². The minimum Gasteiger partial charge on any atom is -0.274 e. The highest BCUT2D eigenvalue weighted by Crippen LogP contribution is 2.33. The Morgan fingerprint density at radius 1 is 1.10 bits per heavy atom. The average molecular weight is 143 g/mol. The Balaban J connectivity index is 1.98. The summed E-state index contributed by atoms with van der Waals surface area (Å²) in [6.07, 6.45) is 6.22. The molecule has 0 atom stereocenters. The first kappa shape index (κ1) is 6.58. The topological polar surface area (TPSA) is 30.5 Å². The summed E-state index contributed by atoms with van der Waals surface area (Å²) in [6, 6.07) is 0. The van der Waals surface area contributed by atoms with Crippen molar-refractivity contribution in [1.29, 1.82) is 0 Å². The van der Waals surface area contributed by atoms with Gasteiger partial charge in [-0.2, -0.15) is 0 Å². The van der Waals surface area contributed by atoms with Gasteiger partial charge in [-0.3, -0.25) is 9.68 Å². The zero-order valence-electron chi connectivity index (χ0n) is 6.06. The van der Waals surface area contributed by atoms with Crippen LogP contribution >= 0.6 is 0 Å². The summed E-state index contributed by atoms with van der Waals surface area (Å²) in [5.41, 5.74) is 2.52. The Hall–Kier alpha value is -0.120. The van der Waals surface area contributed by atoms with Crippen LogP contribution in [0.1, 0.15) is 32.1 Å². The number of hydrogen-bond acceptors (Lipinski definition) is 3. The lowest BCUT2D eigenvalue weighted by molar-refractivity contribution is -0.123. The molecular formula is C7H13NO2. The molecule has 2 aliphatic rings. The molecule has 2 rings (SSSR count). The van der Waals surface area contributed by atoms with Crippen LogP contribution in [0, 0.1) is 0 Å². The van der Waals surface area contributed by atoms with Crippen LogP contribution in [-0.4, -0.2) is 12.2 Å². The van der Waals surface area contributed by atoms with E-state index in [0.717, 1.165) is 19.4 Å². The van der Waals surface area contributed by atoms with Gasteiger partial charge in [-0.25, -0.2) is 0 Å². The lowest BCUT2D eigenvalue weighted by atomic mass is 9.86. The van der Waals surface area contributed by atoms with Gasteiger partial charge in [0, 0.05) is 0 Å². The number of rotatable bonds is 0. The summed E-state index contributed by atoms with van der Waals surface area (Å²) in [6.45, 7) is 0.729. The van der Waals surface area contributed by atoms with Crippen molar-refractivity contribution in [3.8, 4) is 0 Å². The molecule has 0 aromatic heterocycles. The Labute approximate surface area is 60.6 Å². The molecule has 10 heavy (non-hydrogen) atoms. The number of nitrogens with one attached hydrogen (secondary N) is 1. The summed E-state index contributed by atoms with van der Waals surface area (Å²) in [4.78, 5) is 10.3. The van der Waals surface area contributed by atoms with Crippen LogP contribution in [-0.2, 0) is 9.68 Å². The fourth-order valence-electron chi connectivity index (χ4n) is 1.75. The van der Waals surface area contributed by atoms with Gasteiger partial charge in [0.25, 0.3) is 0 Å². The predicted octanol–water partition coefficient (Wildman–Crippen LogP) is 1.16. The van der Waals surface area contributed by atoms with Crippen molar-refractivity contribution < 1.29 is 9.68 Å². The van der Waals surface area contributed by atoms with Crippen molar-refractivity contribution in [3.63, 3.8) is 0 Å². The fraction of sp³-hybridized carbons (Fsp3) is 1.00. The molecule has 1 spiro atoms. The summed E-state index contributed by atoms with van der Waals surface area (Å²) >= 11 is 0. The van der Waals surface area contributed by atoms with Gasteiger partial charge in [0.1, 0.15) is 12.2 Å². The normalized spacial score (nSPS) is 31.2. The van der Waals surface area contributed by atoms with E-state index >= 15 is 0 Å². The van der Waals surface area contributed by atoms with Crippen LogP contribution in [0.25, 0.3) is 0 Å². The van der Waals surface area contributed by atoms with E-state index < -0.39 is 0 Å². The molecule has 0 amide bonds. The molecule has 0 aromatic rings. The zero-order chi connectivity index (χ0) is 6.86. The maximum absolute atomic E-state index is 5.31. The van der Waals surface area contributed by atoms with Crippen LogP contribution in [0.4, 0.5) is 0 Å². The van der Waals surface area contributed by atoms with E-state index in [0.29, 0.717) is 0 Å². The SMILES string of the molecule is C1CCC2(CC1)CONO2. The summed E-state index contributed by atoms with van der Waals surface area (Å²) in [5.74, 6) is 0. The molecule has 58 valence electrons. The molecule has 1 heterocycles. The molecule has 0 aromatic carbocycles. The van der Waals surface area contributed by atoms with E-state index in [1.165, 1.54) is 19.3 Å². The second-order valence-electron chi connectivity index (χ2n) is 3.22. The third-order valence-corrected chi connectivity index (χ3v) is 2.42.